The molecule has 0 amide bonds. The third-order valence-corrected chi connectivity index (χ3v) is 4.45. The van der Waals surface area contributed by atoms with Crippen molar-refractivity contribution in [3.8, 4) is 11.3 Å². The number of hydrogen-bond acceptors (Lipinski definition) is 6. The van der Waals surface area contributed by atoms with Gasteiger partial charge in [0.25, 0.3) is 0 Å². The molecule has 2 aromatic carbocycles. The van der Waals surface area contributed by atoms with E-state index in [9.17, 15) is 0 Å². The maximum atomic E-state index is 5.92. The molecular weight excluding hydrogens is 350 g/mol. The van der Waals surface area contributed by atoms with Gasteiger partial charge in [0.05, 0.1) is 11.3 Å². The van der Waals surface area contributed by atoms with Crippen molar-refractivity contribution in [1.29, 1.82) is 0 Å². The molecule has 28 heavy (non-hydrogen) atoms. The van der Waals surface area contributed by atoms with Crippen LogP contribution in [0.15, 0.2) is 77.3 Å². The van der Waals surface area contributed by atoms with Crippen molar-refractivity contribution in [1.82, 2.24) is 10.1 Å². The van der Waals surface area contributed by atoms with Gasteiger partial charge in [0.15, 0.2) is 5.76 Å². The highest BCUT2D eigenvalue weighted by Crippen LogP contribution is 2.26. The first-order valence-corrected chi connectivity index (χ1v) is 9.02. The number of benzene rings is 2. The van der Waals surface area contributed by atoms with E-state index in [1.165, 1.54) is 5.56 Å². The SMILES string of the molecule is Nc1ccc(-c2cc(Cc3ccc(CNc4ccccc4)cc3)no2)c(N)n1. The minimum atomic E-state index is 0.331. The predicted octanol–water partition coefficient (Wildman–Crippen LogP) is 4.10. The minimum absolute atomic E-state index is 0.331. The summed E-state index contributed by atoms with van der Waals surface area (Å²) >= 11 is 0. The first kappa shape index (κ1) is 17.6. The Morgan fingerprint density at radius 3 is 2.36 bits per heavy atom. The second-order valence-electron chi connectivity index (χ2n) is 6.56. The summed E-state index contributed by atoms with van der Waals surface area (Å²) < 4.78 is 5.43. The van der Waals surface area contributed by atoms with Gasteiger partial charge in [0, 0.05) is 24.7 Å². The van der Waals surface area contributed by atoms with Crippen LogP contribution in [0, 0.1) is 0 Å². The fourth-order valence-electron chi connectivity index (χ4n) is 2.97. The Kier molecular flexibility index (Phi) is 4.93. The van der Waals surface area contributed by atoms with Crippen LogP contribution in [0.3, 0.4) is 0 Å². The Labute approximate surface area is 163 Å². The number of nitrogens with one attached hydrogen (secondary N) is 1. The number of aromatic nitrogens is 2. The third-order valence-electron chi connectivity index (χ3n) is 4.45. The second-order valence-corrected chi connectivity index (χ2v) is 6.56. The van der Waals surface area contributed by atoms with Gasteiger partial charge in [0.2, 0.25) is 0 Å². The highest BCUT2D eigenvalue weighted by molar-refractivity contribution is 5.71. The van der Waals surface area contributed by atoms with Crippen molar-refractivity contribution in [2.24, 2.45) is 0 Å². The zero-order valence-electron chi connectivity index (χ0n) is 15.3. The maximum Gasteiger partial charge on any atom is 0.170 e. The molecule has 5 N–H and O–H groups in total. The molecule has 140 valence electrons. The quantitative estimate of drug-likeness (QED) is 0.471. The first-order valence-electron chi connectivity index (χ1n) is 9.02. The summed E-state index contributed by atoms with van der Waals surface area (Å²) in [6.45, 7) is 0.780. The van der Waals surface area contributed by atoms with Gasteiger partial charge in [0.1, 0.15) is 11.6 Å². The number of anilines is 3. The first-order chi connectivity index (χ1) is 13.7. The van der Waals surface area contributed by atoms with E-state index in [4.69, 9.17) is 16.0 Å². The van der Waals surface area contributed by atoms with E-state index in [0.29, 0.717) is 29.4 Å². The lowest BCUT2D eigenvalue weighted by atomic mass is 10.1. The Hall–Kier alpha value is -3.80. The summed E-state index contributed by atoms with van der Waals surface area (Å²) in [5, 5.41) is 7.55. The van der Waals surface area contributed by atoms with E-state index in [1.807, 2.05) is 24.3 Å². The topological polar surface area (TPSA) is 103 Å². The predicted molar refractivity (Wildman–Crippen MR) is 112 cm³/mol. The van der Waals surface area contributed by atoms with Crippen molar-refractivity contribution in [2.75, 3.05) is 16.8 Å². The molecule has 0 aliphatic carbocycles. The Bertz CT molecular complexity index is 1060. The summed E-state index contributed by atoms with van der Waals surface area (Å²) in [5.74, 6) is 1.30. The van der Waals surface area contributed by atoms with Crippen LogP contribution in [-0.2, 0) is 13.0 Å². The molecule has 6 nitrogen and oxygen atoms in total. The van der Waals surface area contributed by atoms with Crippen LogP contribution in [0.2, 0.25) is 0 Å². The number of rotatable bonds is 6. The van der Waals surface area contributed by atoms with E-state index in [0.717, 1.165) is 23.5 Å². The lowest BCUT2D eigenvalue weighted by Gasteiger charge is -2.07. The fourth-order valence-corrected chi connectivity index (χ4v) is 2.97. The Morgan fingerprint density at radius 2 is 1.61 bits per heavy atom. The van der Waals surface area contributed by atoms with Gasteiger partial charge in [-0.15, -0.1) is 0 Å². The van der Waals surface area contributed by atoms with Crippen LogP contribution in [0.25, 0.3) is 11.3 Å². The minimum Gasteiger partial charge on any atom is -0.384 e. The van der Waals surface area contributed by atoms with E-state index < -0.39 is 0 Å². The van der Waals surface area contributed by atoms with Gasteiger partial charge < -0.3 is 21.3 Å². The van der Waals surface area contributed by atoms with Gasteiger partial charge in [-0.1, -0.05) is 47.6 Å². The fraction of sp³-hybridized carbons (Fsp3) is 0.0909. The Morgan fingerprint density at radius 1 is 0.857 bits per heavy atom. The van der Waals surface area contributed by atoms with Crippen molar-refractivity contribution in [3.05, 3.63) is 89.6 Å². The summed E-state index contributed by atoms with van der Waals surface area (Å²) in [5.41, 5.74) is 16.6. The van der Waals surface area contributed by atoms with Crippen LogP contribution in [0.1, 0.15) is 16.8 Å². The summed E-state index contributed by atoms with van der Waals surface area (Å²) in [6.07, 6.45) is 0.679. The molecule has 0 saturated heterocycles. The van der Waals surface area contributed by atoms with Crippen molar-refractivity contribution < 1.29 is 4.52 Å². The molecule has 2 aromatic heterocycles. The highest BCUT2D eigenvalue weighted by atomic mass is 16.5. The monoisotopic (exact) mass is 371 g/mol. The lowest BCUT2D eigenvalue weighted by Crippen LogP contribution is -1.99. The van der Waals surface area contributed by atoms with Gasteiger partial charge >= 0.3 is 0 Å². The summed E-state index contributed by atoms with van der Waals surface area (Å²) in [6, 6.07) is 24.0. The average molecular weight is 371 g/mol. The molecule has 0 radical (unpaired) electrons. The molecule has 4 aromatic rings. The van der Waals surface area contributed by atoms with Crippen molar-refractivity contribution in [3.63, 3.8) is 0 Å². The number of para-hydroxylation sites is 1. The number of nitrogens with two attached hydrogens (primary N) is 2. The van der Waals surface area contributed by atoms with Crippen molar-refractivity contribution >= 4 is 17.3 Å². The zero-order chi connectivity index (χ0) is 19.3. The largest absolute Gasteiger partial charge is 0.384 e. The summed E-state index contributed by atoms with van der Waals surface area (Å²) in [4.78, 5) is 4.05. The van der Waals surface area contributed by atoms with Gasteiger partial charge in [-0.25, -0.2) is 4.98 Å². The molecule has 4 rings (SSSR count). The van der Waals surface area contributed by atoms with Crippen LogP contribution in [0.4, 0.5) is 17.3 Å². The van der Waals surface area contributed by atoms with E-state index in [2.05, 4.69) is 51.9 Å². The Balaban J connectivity index is 1.40. The zero-order valence-corrected chi connectivity index (χ0v) is 15.3. The molecule has 0 spiro atoms. The molecule has 2 heterocycles. The van der Waals surface area contributed by atoms with Crippen LogP contribution < -0.4 is 16.8 Å². The molecule has 0 saturated carbocycles. The van der Waals surface area contributed by atoms with Crippen LogP contribution in [0.5, 0.6) is 0 Å². The second kappa shape index (κ2) is 7.84. The molecule has 0 bridgehead atoms. The standard InChI is InChI=1S/C22H21N5O/c23-21-11-10-19(22(24)26-21)20-13-18(27-28-20)12-15-6-8-16(9-7-15)14-25-17-4-2-1-3-5-17/h1-11,13,25H,12,14H2,(H4,23,24,26). The van der Waals surface area contributed by atoms with Gasteiger partial charge in [-0.2, -0.15) is 0 Å². The lowest BCUT2D eigenvalue weighted by molar-refractivity contribution is 0.425. The molecule has 6 heteroatoms. The highest BCUT2D eigenvalue weighted by Gasteiger charge is 2.11. The van der Waals surface area contributed by atoms with Crippen molar-refractivity contribution in [2.45, 2.75) is 13.0 Å². The smallest absolute Gasteiger partial charge is 0.170 e. The third kappa shape index (κ3) is 4.12. The molecule has 0 unspecified atom stereocenters. The number of nitrogen functional groups attached to an aromatic ring is 2. The van der Waals surface area contributed by atoms with E-state index in [-0.39, 0.29) is 0 Å². The average Bonchev–Trinajstić information content (AvgIpc) is 3.16. The van der Waals surface area contributed by atoms with Crippen LogP contribution >= 0.6 is 0 Å². The molecule has 0 fully saturated rings. The van der Waals surface area contributed by atoms with E-state index >= 15 is 0 Å². The van der Waals surface area contributed by atoms with E-state index in [1.54, 1.807) is 12.1 Å². The number of pyridine rings is 1. The molecule has 0 aliphatic heterocycles. The molecular formula is C22H21N5O. The normalized spacial score (nSPS) is 10.7. The number of nitrogens with zero attached hydrogens (tertiary/aromatic N) is 2. The molecule has 0 aliphatic rings. The van der Waals surface area contributed by atoms with Crippen LogP contribution in [-0.4, -0.2) is 10.1 Å². The number of hydrogen-bond donors (Lipinski definition) is 3. The summed E-state index contributed by atoms with van der Waals surface area (Å²) in [7, 11) is 0. The molecule has 0 atom stereocenters. The maximum absolute atomic E-state index is 5.92. The van der Waals surface area contributed by atoms with Gasteiger partial charge in [-0.3, -0.25) is 0 Å². The van der Waals surface area contributed by atoms with Gasteiger partial charge in [-0.05, 0) is 35.4 Å².